The first-order valence-corrected chi connectivity index (χ1v) is 21.2. The van der Waals surface area contributed by atoms with Gasteiger partial charge in [-0.25, -0.2) is 19.2 Å². The molecule has 4 atom stereocenters. The number of ether oxygens (including phenoxy) is 2. The average molecular weight is 787 g/mol. The van der Waals surface area contributed by atoms with E-state index in [0.29, 0.717) is 18.0 Å². The second kappa shape index (κ2) is 29.8. The Morgan fingerprint density at radius 2 is 1.53 bits per heavy atom. The number of rotatable bonds is 27. The Morgan fingerprint density at radius 3 is 2.11 bits per heavy atom. The number of nitriles is 2. The zero-order valence-corrected chi connectivity index (χ0v) is 33.9. The van der Waals surface area contributed by atoms with Gasteiger partial charge < -0.3 is 34.3 Å². The third kappa shape index (κ3) is 18.4. The van der Waals surface area contributed by atoms with Crippen molar-refractivity contribution in [3.05, 3.63) is 53.7 Å². The summed E-state index contributed by atoms with van der Waals surface area (Å²) >= 11 is 0. The number of nitrogens with two attached hydrogens (primary N) is 1. The molecule has 1 saturated heterocycles. The number of anilines is 1. The summed E-state index contributed by atoms with van der Waals surface area (Å²) in [5.74, 6) is 0.110. The molecule has 4 rings (SSSR count). The van der Waals surface area contributed by atoms with Gasteiger partial charge in [-0.2, -0.15) is 10.4 Å². The zero-order valence-electron chi connectivity index (χ0n) is 33.0. The molecule has 0 bridgehead atoms. The normalized spacial score (nSPS) is 16.0. The van der Waals surface area contributed by atoms with E-state index in [9.17, 15) is 9.28 Å². The highest BCUT2D eigenvalue weighted by Gasteiger charge is 2.30. The van der Waals surface area contributed by atoms with Gasteiger partial charge in [0.1, 0.15) is 41.7 Å². The highest BCUT2D eigenvalue weighted by atomic mass is 31.2. The van der Waals surface area contributed by atoms with Gasteiger partial charge in [0.25, 0.3) is 0 Å². The summed E-state index contributed by atoms with van der Waals surface area (Å²) in [5.41, 5.74) is 7.56. The van der Waals surface area contributed by atoms with Gasteiger partial charge in [0.2, 0.25) is 0 Å². The number of benzene rings is 1. The monoisotopic (exact) mass is 786 g/mol. The fraction of sp³-hybridized carbons (Fsp3) is 0.659. The van der Waals surface area contributed by atoms with Crippen LogP contribution >= 0.6 is 8.60 Å². The Bertz CT molecular complexity index is 1510. The minimum absolute atomic E-state index is 0.0328. The maximum atomic E-state index is 14.3. The highest BCUT2D eigenvalue weighted by molar-refractivity contribution is 7.40. The quantitative estimate of drug-likeness (QED) is 0.0494. The molecule has 0 amide bonds. The van der Waals surface area contributed by atoms with Crippen LogP contribution in [0.3, 0.4) is 0 Å². The fourth-order valence-corrected chi connectivity index (χ4v) is 7.38. The van der Waals surface area contributed by atoms with E-state index in [0.717, 1.165) is 50.4 Å². The van der Waals surface area contributed by atoms with Crippen LogP contribution in [0.2, 0.25) is 0 Å². The van der Waals surface area contributed by atoms with Gasteiger partial charge in [-0.3, -0.25) is 0 Å². The van der Waals surface area contributed by atoms with E-state index in [1.807, 2.05) is 18.2 Å². The molecule has 3 heterocycles. The number of hydrogen-bond acceptors (Lipinski definition) is 11. The Morgan fingerprint density at radius 1 is 0.927 bits per heavy atom. The van der Waals surface area contributed by atoms with Crippen LogP contribution in [0.5, 0.6) is 5.75 Å². The Hall–Kier alpha value is -3.42. The van der Waals surface area contributed by atoms with Crippen LogP contribution in [0.4, 0.5) is 10.2 Å². The van der Waals surface area contributed by atoms with Crippen LogP contribution in [0.25, 0.3) is 5.52 Å². The smallest absolute Gasteiger partial charge is 0.330 e. The van der Waals surface area contributed by atoms with E-state index in [2.05, 4.69) is 23.6 Å². The van der Waals surface area contributed by atoms with E-state index in [4.69, 9.17) is 39.9 Å². The minimum Gasteiger partial charge on any atom is -0.488 e. The van der Waals surface area contributed by atoms with Crippen LogP contribution in [-0.4, -0.2) is 57.1 Å². The predicted molar refractivity (Wildman–Crippen MR) is 214 cm³/mol. The van der Waals surface area contributed by atoms with Crippen LogP contribution in [0.1, 0.15) is 153 Å². The van der Waals surface area contributed by atoms with Crippen LogP contribution < -0.4 is 10.5 Å². The maximum absolute atomic E-state index is 14.3. The molecule has 0 saturated carbocycles. The lowest BCUT2D eigenvalue weighted by Crippen LogP contribution is -2.23. The van der Waals surface area contributed by atoms with Gasteiger partial charge in [0.05, 0.1) is 30.6 Å². The topological polar surface area (TPSA) is 181 Å². The summed E-state index contributed by atoms with van der Waals surface area (Å²) in [6.07, 6.45) is 25.0. The van der Waals surface area contributed by atoms with Crippen LogP contribution in [0, 0.1) is 29.0 Å². The summed E-state index contributed by atoms with van der Waals surface area (Å²) in [5, 5.41) is 26.9. The summed E-state index contributed by atoms with van der Waals surface area (Å²) in [7, 11) is -1.17. The lowest BCUT2D eigenvalue weighted by Gasteiger charge is -2.21. The molecular weight excluding hydrogens is 722 g/mol. The molecule has 0 spiro atoms. The lowest BCUT2D eigenvalue weighted by atomic mass is 10.0. The lowest BCUT2D eigenvalue weighted by molar-refractivity contribution is 0.00838. The molecule has 4 N–H and O–H groups in total. The molecule has 306 valence electrons. The van der Waals surface area contributed by atoms with Crippen molar-refractivity contribution >= 4 is 19.9 Å². The Balaban J connectivity index is 0.00000253. The zero-order chi connectivity index (χ0) is 40.1. The molecule has 1 aliphatic rings. The number of aromatic nitrogens is 3. The molecule has 14 heteroatoms. The first-order chi connectivity index (χ1) is 27.0. The summed E-state index contributed by atoms with van der Waals surface area (Å²) < 4.78 is 39.7. The van der Waals surface area contributed by atoms with Gasteiger partial charge in [-0.1, -0.05) is 110 Å². The Kier molecular flexibility index (Phi) is 25.9. The second-order valence-corrected chi connectivity index (χ2v) is 14.8. The summed E-state index contributed by atoms with van der Waals surface area (Å²) in [4.78, 5) is 14.6. The maximum Gasteiger partial charge on any atom is 0.330 e. The summed E-state index contributed by atoms with van der Waals surface area (Å²) in [6.45, 7) is 6.05. The molecule has 0 radical (unpaired) electrons. The van der Waals surface area contributed by atoms with Gasteiger partial charge >= 0.3 is 8.60 Å². The molecule has 1 aromatic carbocycles. The second-order valence-electron chi connectivity index (χ2n) is 13.8. The number of hydrogen-bond donors (Lipinski definition) is 3. The molecule has 12 nitrogen and oxygen atoms in total. The number of unbranched alkanes of at least 4 members (excludes halogenated alkanes) is 16. The van der Waals surface area contributed by atoms with E-state index < -0.39 is 20.5 Å². The third-order valence-corrected chi connectivity index (χ3v) is 10.4. The fourth-order valence-electron chi connectivity index (χ4n) is 6.72. The standard InChI is InChI=1S/C39H59FN5O5P.CHN.CH4O/c1-2-3-4-5-6-7-8-9-10-11-12-13-14-15-16-17-18-19-33(49-32-21-20-31(27-41)35(40)26-32)28-47-51(46)48-29-34-22-25-38(50-34)36-23-24-37-39(42)43-30-44-45(36)37;2*1-2/h20-21,23-24,26,30,33-34,38,46H,2-19,22,25,28-29H2,1H3,(H2,42,43,44);1H;2H,1H3. The molecule has 0 aliphatic carbocycles. The number of aliphatic hydroxyl groups is 1. The molecule has 4 unspecified atom stereocenters. The van der Waals surface area contributed by atoms with Crippen molar-refractivity contribution in [2.24, 2.45) is 0 Å². The highest BCUT2D eigenvalue weighted by Crippen LogP contribution is 2.38. The molecule has 1 fully saturated rings. The Labute approximate surface area is 329 Å². The predicted octanol–water partition coefficient (Wildman–Crippen LogP) is 10.0. The molecule has 55 heavy (non-hydrogen) atoms. The molecular formula is C41H64FN6O6P. The van der Waals surface area contributed by atoms with Gasteiger partial charge in [-0.05, 0) is 49.9 Å². The van der Waals surface area contributed by atoms with Crippen molar-refractivity contribution in [3.8, 4) is 18.4 Å². The first-order valence-electron chi connectivity index (χ1n) is 20.0. The number of nitrogen functional groups attached to an aromatic ring is 1. The third-order valence-electron chi connectivity index (χ3n) is 9.68. The number of fused-ring (bicyclic) bond motifs is 1. The van der Waals surface area contributed by atoms with Gasteiger partial charge in [0.15, 0.2) is 5.82 Å². The summed E-state index contributed by atoms with van der Waals surface area (Å²) in [6, 6.07) is 9.88. The average Bonchev–Trinajstić information content (AvgIpc) is 3.87. The van der Waals surface area contributed by atoms with E-state index >= 15 is 0 Å². The van der Waals surface area contributed by atoms with Crippen molar-refractivity contribution < 1.29 is 32.9 Å². The van der Waals surface area contributed by atoms with Gasteiger partial charge in [0, 0.05) is 19.7 Å². The first kappa shape index (κ1) is 47.7. The van der Waals surface area contributed by atoms with Crippen molar-refractivity contribution in [3.63, 3.8) is 0 Å². The number of aliphatic hydroxyl groups excluding tert-OH is 1. The van der Waals surface area contributed by atoms with Crippen LogP contribution in [0.15, 0.2) is 36.7 Å². The van der Waals surface area contributed by atoms with Crippen molar-refractivity contribution in [2.45, 2.75) is 154 Å². The van der Waals surface area contributed by atoms with Crippen molar-refractivity contribution in [1.82, 2.24) is 14.6 Å². The van der Waals surface area contributed by atoms with Gasteiger partial charge in [-0.15, -0.1) is 0 Å². The van der Waals surface area contributed by atoms with Crippen molar-refractivity contribution in [2.75, 3.05) is 26.1 Å². The molecule has 3 aromatic rings. The SMILES string of the molecule is C#N.CCCCCCCCCCCCCCCCCCCC(COP(O)OCC1CCC(c2ccc3c(N)ncnn23)O1)Oc1ccc(C#N)c(F)c1.CO. The largest absolute Gasteiger partial charge is 0.488 e. The molecule has 2 aromatic heterocycles. The van der Waals surface area contributed by atoms with E-state index in [1.165, 1.54) is 108 Å². The molecule has 1 aliphatic heterocycles. The van der Waals surface area contributed by atoms with E-state index in [1.54, 1.807) is 10.6 Å². The van der Waals surface area contributed by atoms with E-state index in [-0.39, 0.29) is 31.0 Å². The number of halogens is 1. The van der Waals surface area contributed by atoms with Crippen LogP contribution in [-0.2, 0) is 13.8 Å². The number of nitrogens with zero attached hydrogens (tertiary/aromatic N) is 5. The van der Waals surface area contributed by atoms with Crippen molar-refractivity contribution in [1.29, 1.82) is 10.5 Å². The minimum atomic E-state index is -2.17.